The van der Waals surface area contributed by atoms with Crippen molar-refractivity contribution in [2.24, 2.45) is 0 Å². The zero-order chi connectivity index (χ0) is 20.6. The highest BCUT2D eigenvalue weighted by molar-refractivity contribution is 7.89. The Balaban J connectivity index is 1.74. The molecular weight excluding hydrogens is 388 g/mol. The Morgan fingerprint density at radius 1 is 1.07 bits per heavy atom. The lowest BCUT2D eigenvalue weighted by molar-refractivity contribution is 0.0697. The van der Waals surface area contributed by atoms with E-state index in [-0.39, 0.29) is 32.1 Å². The Labute approximate surface area is 163 Å². The molecule has 6 nitrogen and oxygen atoms in total. The molecule has 1 saturated heterocycles. The fourth-order valence-corrected chi connectivity index (χ4v) is 5.10. The first kappa shape index (κ1) is 20.5. The predicted octanol–water partition coefficient (Wildman–Crippen LogP) is 2.55. The molecule has 2 heterocycles. The van der Waals surface area contributed by atoms with Gasteiger partial charge in [-0.25, -0.2) is 17.2 Å². The first-order valence-corrected chi connectivity index (χ1v) is 10.5. The quantitative estimate of drug-likeness (QED) is 0.777. The van der Waals surface area contributed by atoms with Crippen molar-refractivity contribution in [1.82, 2.24) is 13.8 Å². The number of aryl methyl sites for hydroxylation is 1. The number of carbonyl (C=O) groups excluding carboxylic acids is 1. The van der Waals surface area contributed by atoms with Crippen molar-refractivity contribution in [1.29, 1.82) is 0 Å². The van der Waals surface area contributed by atoms with Crippen LogP contribution in [0.2, 0.25) is 0 Å². The van der Waals surface area contributed by atoms with E-state index >= 15 is 0 Å². The number of amides is 1. The van der Waals surface area contributed by atoms with Gasteiger partial charge in [-0.2, -0.15) is 4.31 Å². The van der Waals surface area contributed by atoms with Crippen molar-refractivity contribution in [3.63, 3.8) is 0 Å². The lowest BCUT2D eigenvalue weighted by Crippen LogP contribution is -2.50. The molecule has 0 N–H and O–H groups in total. The second kappa shape index (κ2) is 7.63. The predicted molar refractivity (Wildman–Crippen MR) is 101 cm³/mol. The molecule has 0 unspecified atom stereocenters. The summed E-state index contributed by atoms with van der Waals surface area (Å²) in [7, 11) is -4.09. The number of benzene rings is 1. The van der Waals surface area contributed by atoms with E-state index < -0.39 is 26.6 Å². The van der Waals surface area contributed by atoms with Gasteiger partial charge in [-0.3, -0.25) is 4.79 Å². The van der Waals surface area contributed by atoms with E-state index in [0.717, 1.165) is 34.4 Å². The summed E-state index contributed by atoms with van der Waals surface area (Å²) in [5.41, 5.74) is 2.49. The maximum Gasteiger partial charge on any atom is 0.255 e. The number of nitrogens with zero attached hydrogens (tertiary/aromatic N) is 3. The molecule has 0 aliphatic carbocycles. The smallest absolute Gasteiger partial charge is 0.255 e. The summed E-state index contributed by atoms with van der Waals surface area (Å²) in [5, 5.41) is 0. The number of aromatic nitrogens is 1. The Kier molecular flexibility index (Phi) is 5.58. The molecule has 1 aromatic carbocycles. The summed E-state index contributed by atoms with van der Waals surface area (Å²) in [4.78, 5) is 13.9. The number of piperazine rings is 1. The van der Waals surface area contributed by atoms with Gasteiger partial charge in [0.15, 0.2) is 0 Å². The Morgan fingerprint density at radius 3 is 2.25 bits per heavy atom. The second-order valence-electron chi connectivity index (χ2n) is 6.80. The van der Waals surface area contributed by atoms with Gasteiger partial charge < -0.3 is 9.47 Å². The zero-order valence-electron chi connectivity index (χ0n) is 16.1. The van der Waals surface area contributed by atoms with Gasteiger partial charge in [0.2, 0.25) is 10.0 Å². The van der Waals surface area contributed by atoms with Crippen LogP contribution in [0.5, 0.6) is 0 Å². The van der Waals surface area contributed by atoms with Crippen molar-refractivity contribution >= 4 is 15.9 Å². The van der Waals surface area contributed by atoms with E-state index in [9.17, 15) is 22.0 Å². The van der Waals surface area contributed by atoms with Gasteiger partial charge in [0, 0.05) is 50.2 Å². The number of carbonyl (C=O) groups is 1. The highest BCUT2D eigenvalue weighted by atomic mass is 32.2. The van der Waals surface area contributed by atoms with Crippen LogP contribution in [-0.4, -0.2) is 54.3 Å². The van der Waals surface area contributed by atoms with Crippen molar-refractivity contribution in [2.45, 2.75) is 32.2 Å². The van der Waals surface area contributed by atoms with Crippen LogP contribution in [0.4, 0.5) is 8.78 Å². The van der Waals surface area contributed by atoms with Gasteiger partial charge in [0.1, 0.15) is 16.5 Å². The standard InChI is InChI=1S/C19H23F2N3O3S/c1-4-24-13(2)11-16(14(24)3)19(25)22-7-9-23(10-8-22)28(26,27)18-6-5-15(20)12-17(18)21/h5-6,11-12H,4,7-10H2,1-3H3. The normalized spacial score (nSPS) is 15.8. The van der Waals surface area contributed by atoms with Crippen LogP contribution in [0, 0.1) is 25.5 Å². The second-order valence-corrected chi connectivity index (χ2v) is 8.71. The van der Waals surface area contributed by atoms with Crippen LogP contribution in [0.25, 0.3) is 0 Å². The molecule has 0 bridgehead atoms. The Morgan fingerprint density at radius 2 is 1.71 bits per heavy atom. The number of hydrogen-bond acceptors (Lipinski definition) is 3. The largest absolute Gasteiger partial charge is 0.349 e. The molecule has 1 fully saturated rings. The minimum Gasteiger partial charge on any atom is -0.349 e. The van der Waals surface area contributed by atoms with E-state index in [1.165, 1.54) is 0 Å². The lowest BCUT2D eigenvalue weighted by atomic mass is 10.2. The molecule has 152 valence electrons. The third kappa shape index (κ3) is 3.56. The van der Waals surface area contributed by atoms with Crippen molar-refractivity contribution in [2.75, 3.05) is 26.2 Å². The third-order valence-corrected chi connectivity index (χ3v) is 7.09. The highest BCUT2D eigenvalue weighted by Crippen LogP contribution is 2.23. The molecule has 0 spiro atoms. The molecule has 1 aliphatic rings. The fourth-order valence-electron chi connectivity index (χ4n) is 3.63. The molecule has 28 heavy (non-hydrogen) atoms. The number of sulfonamides is 1. The monoisotopic (exact) mass is 411 g/mol. The maximum atomic E-state index is 13.9. The number of hydrogen-bond donors (Lipinski definition) is 0. The van der Waals surface area contributed by atoms with Crippen molar-refractivity contribution in [3.05, 3.63) is 52.9 Å². The van der Waals surface area contributed by atoms with Gasteiger partial charge in [0.25, 0.3) is 5.91 Å². The first-order chi connectivity index (χ1) is 13.2. The Hall–Kier alpha value is -2.26. The van der Waals surface area contributed by atoms with E-state index in [1.807, 2.05) is 31.4 Å². The minimum absolute atomic E-state index is 0.0530. The first-order valence-electron chi connectivity index (χ1n) is 9.08. The van der Waals surface area contributed by atoms with Crippen LogP contribution in [0.3, 0.4) is 0 Å². The van der Waals surface area contributed by atoms with Gasteiger partial charge >= 0.3 is 0 Å². The van der Waals surface area contributed by atoms with Gasteiger partial charge in [-0.15, -0.1) is 0 Å². The van der Waals surface area contributed by atoms with Gasteiger partial charge in [-0.1, -0.05) is 0 Å². The Bertz CT molecular complexity index is 1010. The molecule has 3 rings (SSSR count). The van der Waals surface area contributed by atoms with Crippen molar-refractivity contribution in [3.8, 4) is 0 Å². The lowest BCUT2D eigenvalue weighted by Gasteiger charge is -2.34. The zero-order valence-corrected chi connectivity index (χ0v) is 16.9. The van der Waals surface area contributed by atoms with Crippen LogP contribution < -0.4 is 0 Å². The summed E-state index contributed by atoms with van der Waals surface area (Å²) in [6.07, 6.45) is 0. The van der Waals surface area contributed by atoms with E-state index in [2.05, 4.69) is 0 Å². The van der Waals surface area contributed by atoms with E-state index in [4.69, 9.17) is 0 Å². The number of halogens is 2. The van der Waals surface area contributed by atoms with Gasteiger partial charge in [0.05, 0.1) is 5.56 Å². The minimum atomic E-state index is -4.09. The molecule has 9 heteroatoms. The molecule has 1 aromatic heterocycles. The molecule has 0 saturated carbocycles. The van der Waals surface area contributed by atoms with E-state index in [0.29, 0.717) is 11.6 Å². The summed E-state index contributed by atoms with van der Waals surface area (Å²) in [6.45, 7) is 7.12. The number of rotatable bonds is 4. The summed E-state index contributed by atoms with van der Waals surface area (Å²) in [6, 6.07) is 4.24. The highest BCUT2D eigenvalue weighted by Gasteiger charge is 2.33. The van der Waals surface area contributed by atoms with Crippen LogP contribution in [0.1, 0.15) is 28.7 Å². The molecule has 2 aromatic rings. The molecule has 1 amide bonds. The van der Waals surface area contributed by atoms with Gasteiger partial charge in [-0.05, 0) is 39.0 Å². The SMILES string of the molecule is CCn1c(C)cc(C(=O)N2CCN(S(=O)(=O)c3ccc(F)cc3F)CC2)c1C. The van der Waals surface area contributed by atoms with Crippen LogP contribution >= 0.6 is 0 Å². The van der Waals surface area contributed by atoms with Crippen molar-refractivity contribution < 1.29 is 22.0 Å². The summed E-state index contributed by atoms with van der Waals surface area (Å²) >= 11 is 0. The average Bonchev–Trinajstić information content (AvgIpc) is 2.94. The third-order valence-electron chi connectivity index (χ3n) is 5.16. The van der Waals surface area contributed by atoms with Crippen LogP contribution in [0.15, 0.2) is 29.2 Å². The average molecular weight is 411 g/mol. The molecule has 0 radical (unpaired) electrons. The fraction of sp³-hybridized carbons (Fsp3) is 0.421. The molecule has 1 aliphatic heterocycles. The summed E-state index contributed by atoms with van der Waals surface area (Å²) < 4.78 is 55.5. The molecular formula is C19H23F2N3O3S. The van der Waals surface area contributed by atoms with Crippen LogP contribution in [-0.2, 0) is 16.6 Å². The maximum absolute atomic E-state index is 13.9. The topological polar surface area (TPSA) is 62.6 Å². The molecule has 0 atom stereocenters. The van der Waals surface area contributed by atoms with E-state index in [1.54, 1.807) is 4.90 Å². The summed E-state index contributed by atoms with van der Waals surface area (Å²) in [5.74, 6) is -2.10.